The summed E-state index contributed by atoms with van der Waals surface area (Å²) in [5.74, 6) is -0.160. The lowest BCUT2D eigenvalue weighted by Crippen LogP contribution is -2.26. The Bertz CT molecular complexity index is 1240. The highest BCUT2D eigenvalue weighted by Gasteiger charge is 2.36. The number of nitrogens with two attached hydrogens (primary N) is 1. The van der Waals surface area contributed by atoms with Gasteiger partial charge in [0, 0.05) is 22.4 Å². The normalized spacial score (nSPS) is 16.6. The summed E-state index contributed by atoms with van der Waals surface area (Å²) < 4.78 is 0. The van der Waals surface area contributed by atoms with Gasteiger partial charge in [-0.15, -0.1) is 34.0 Å². The van der Waals surface area contributed by atoms with E-state index in [1.165, 1.54) is 11.3 Å². The van der Waals surface area contributed by atoms with Gasteiger partial charge in [0.05, 0.1) is 22.3 Å². The van der Waals surface area contributed by atoms with E-state index in [9.17, 15) is 4.79 Å². The molecule has 0 radical (unpaired) electrons. The summed E-state index contributed by atoms with van der Waals surface area (Å²) in [6.07, 6.45) is 0.702. The summed E-state index contributed by atoms with van der Waals surface area (Å²) in [4.78, 5) is 21.7. The van der Waals surface area contributed by atoms with Crippen LogP contribution in [-0.2, 0) is 0 Å². The van der Waals surface area contributed by atoms with Crippen LogP contribution in [0.5, 0.6) is 0 Å². The maximum atomic E-state index is 13.6. The molecule has 2 N–H and O–H groups in total. The van der Waals surface area contributed by atoms with E-state index in [-0.39, 0.29) is 11.9 Å². The van der Waals surface area contributed by atoms with Crippen LogP contribution in [0.1, 0.15) is 43.1 Å². The molecular weight excluding hydrogens is 420 g/mol. The average Bonchev–Trinajstić information content (AvgIpc) is 3.46. The van der Waals surface area contributed by atoms with Crippen LogP contribution in [0, 0.1) is 13.8 Å². The zero-order valence-corrected chi connectivity index (χ0v) is 18.3. The fourth-order valence-corrected chi connectivity index (χ4v) is 6.41. The van der Waals surface area contributed by atoms with Gasteiger partial charge in [-0.05, 0) is 48.4 Å². The summed E-state index contributed by atoms with van der Waals surface area (Å²) in [6, 6.07) is 10.0. The van der Waals surface area contributed by atoms with Crippen LogP contribution in [-0.4, -0.2) is 21.6 Å². The molecule has 0 bridgehead atoms. The summed E-state index contributed by atoms with van der Waals surface area (Å²) in [5, 5.41) is 11.3. The van der Waals surface area contributed by atoms with Crippen molar-refractivity contribution < 1.29 is 4.79 Å². The monoisotopic (exact) mass is 438 g/mol. The van der Waals surface area contributed by atoms with Gasteiger partial charge in [0.1, 0.15) is 9.71 Å². The second-order valence-electron chi connectivity index (χ2n) is 7.01. The smallest absolute Gasteiger partial charge is 0.286 e. The third-order valence-corrected chi connectivity index (χ3v) is 7.99. The number of rotatable bonds is 3. The van der Waals surface area contributed by atoms with Crippen molar-refractivity contribution in [1.29, 1.82) is 0 Å². The van der Waals surface area contributed by atoms with Crippen molar-refractivity contribution in [3.05, 3.63) is 67.0 Å². The maximum absolute atomic E-state index is 13.6. The third-order valence-electron chi connectivity index (χ3n) is 5.01. The minimum atomic E-state index is -0.160. The van der Waals surface area contributed by atoms with Crippen LogP contribution in [0.4, 0.5) is 5.69 Å². The molecule has 0 fully saturated rings. The lowest BCUT2D eigenvalue weighted by Gasteiger charge is -2.20. The van der Waals surface area contributed by atoms with Crippen LogP contribution in [0.2, 0.25) is 0 Å². The Kier molecular flexibility index (Phi) is 4.49. The molecule has 4 aromatic heterocycles. The number of carbonyl (C=O) groups is 1. The fourth-order valence-electron chi connectivity index (χ4n) is 3.72. The molecule has 5 heterocycles. The van der Waals surface area contributed by atoms with Crippen molar-refractivity contribution in [1.82, 2.24) is 9.99 Å². The van der Waals surface area contributed by atoms with Crippen molar-refractivity contribution in [2.75, 3.05) is 5.73 Å². The predicted octanol–water partition coefficient (Wildman–Crippen LogP) is 5.61. The first-order chi connectivity index (χ1) is 14.0. The number of pyridine rings is 1. The number of aryl methyl sites for hydroxylation is 2. The molecule has 0 spiro atoms. The lowest BCUT2D eigenvalue weighted by molar-refractivity contribution is 0.0720. The van der Waals surface area contributed by atoms with Gasteiger partial charge in [0.2, 0.25) is 0 Å². The molecule has 1 aliphatic rings. The zero-order valence-electron chi connectivity index (χ0n) is 15.9. The summed E-state index contributed by atoms with van der Waals surface area (Å²) >= 11 is 4.64. The maximum Gasteiger partial charge on any atom is 0.286 e. The Morgan fingerprint density at radius 1 is 1.21 bits per heavy atom. The number of carbonyl (C=O) groups excluding carboxylic acids is 1. The largest absolute Gasteiger partial charge is 0.397 e. The summed E-state index contributed by atoms with van der Waals surface area (Å²) in [7, 11) is 0. The lowest BCUT2D eigenvalue weighted by atomic mass is 10.1. The van der Waals surface area contributed by atoms with E-state index in [0.717, 1.165) is 36.9 Å². The van der Waals surface area contributed by atoms with Crippen molar-refractivity contribution >= 4 is 61.5 Å². The quantitative estimate of drug-likeness (QED) is 0.452. The van der Waals surface area contributed by atoms with Gasteiger partial charge in [0.15, 0.2) is 0 Å². The second-order valence-corrected chi connectivity index (χ2v) is 9.94. The molecule has 0 unspecified atom stereocenters. The number of hydrogen-bond donors (Lipinski definition) is 1. The van der Waals surface area contributed by atoms with Crippen LogP contribution in [0.3, 0.4) is 0 Å². The van der Waals surface area contributed by atoms with Crippen molar-refractivity contribution in [3.8, 4) is 0 Å². The fraction of sp³-hybridized carbons (Fsp3) is 0.190. The van der Waals surface area contributed by atoms with Gasteiger partial charge in [-0.1, -0.05) is 12.1 Å². The van der Waals surface area contributed by atoms with Gasteiger partial charge < -0.3 is 5.73 Å². The molecule has 1 atom stereocenters. The van der Waals surface area contributed by atoms with Crippen LogP contribution in [0.25, 0.3) is 10.2 Å². The van der Waals surface area contributed by atoms with Crippen LogP contribution >= 0.6 is 34.0 Å². The minimum absolute atomic E-state index is 0.111. The topological polar surface area (TPSA) is 71.6 Å². The summed E-state index contributed by atoms with van der Waals surface area (Å²) in [5.41, 5.74) is 9.84. The molecule has 5 nitrogen and oxygen atoms in total. The molecule has 4 aromatic rings. The number of amides is 1. The Labute approximate surface area is 180 Å². The number of hydrazone groups is 1. The van der Waals surface area contributed by atoms with Gasteiger partial charge >= 0.3 is 0 Å². The van der Waals surface area contributed by atoms with Crippen LogP contribution in [0.15, 0.2) is 46.2 Å². The highest BCUT2D eigenvalue weighted by Crippen LogP contribution is 2.41. The molecule has 1 amide bonds. The molecule has 0 aliphatic carbocycles. The third kappa shape index (κ3) is 3.08. The minimum Gasteiger partial charge on any atom is -0.397 e. The van der Waals surface area contributed by atoms with E-state index >= 15 is 0 Å². The molecule has 0 aromatic carbocycles. The Morgan fingerprint density at radius 2 is 2.00 bits per heavy atom. The highest BCUT2D eigenvalue weighted by molar-refractivity contribution is 7.21. The number of anilines is 1. The molecule has 146 valence electrons. The first-order valence-electron chi connectivity index (χ1n) is 9.17. The Hall–Kier alpha value is -2.55. The number of thiophene rings is 3. The van der Waals surface area contributed by atoms with Crippen molar-refractivity contribution in [2.45, 2.75) is 26.3 Å². The molecule has 1 aliphatic heterocycles. The second kappa shape index (κ2) is 7.05. The standard InChI is InChI=1S/C21H18N4OS3/c1-11-9-12(2)23-20-17(11)18(22)19(29-20)21(26)25-14(16-6-4-8-28-16)10-13(24-25)15-5-3-7-27-15/h3-9,14H,10,22H2,1-2H3/t14-/m0/s1. The van der Waals surface area contributed by atoms with E-state index in [0.29, 0.717) is 17.0 Å². The number of nitrogens with zero attached hydrogens (tertiary/aromatic N) is 3. The SMILES string of the molecule is Cc1cc(C)c2c(N)c(C(=O)N3N=C(c4cccs4)C[C@H]3c3cccs3)sc2n1. The van der Waals surface area contributed by atoms with E-state index < -0.39 is 0 Å². The van der Waals surface area contributed by atoms with Crippen molar-refractivity contribution in [3.63, 3.8) is 0 Å². The number of nitrogen functional groups attached to an aromatic ring is 1. The number of aromatic nitrogens is 1. The molecular formula is C21H18N4OS3. The number of fused-ring (bicyclic) bond motifs is 1. The van der Waals surface area contributed by atoms with Gasteiger partial charge in [-0.25, -0.2) is 9.99 Å². The molecule has 0 saturated heterocycles. The Balaban J connectivity index is 1.60. The summed E-state index contributed by atoms with van der Waals surface area (Å²) in [6.45, 7) is 3.96. The first kappa shape index (κ1) is 18.5. The molecule has 8 heteroatoms. The first-order valence-corrected chi connectivity index (χ1v) is 11.7. The van der Waals surface area contributed by atoms with Crippen LogP contribution < -0.4 is 5.73 Å². The number of hydrogen-bond acceptors (Lipinski definition) is 7. The average molecular weight is 439 g/mol. The zero-order chi connectivity index (χ0) is 20.1. The van der Waals surface area contributed by atoms with Gasteiger partial charge in [-0.3, -0.25) is 4.79 Å². The van der Waals surface area contributed by atoms with Gasteiger partial charge in [0.25, 0.3) is 5.91 Å². The Morgan fingerprint density at radius 3 is 2.72 bits per heavy atom. The van der Waals surface area contributed by atoms with E-state index in [1.54, 1.807) is 27.7 Å². The molecule has 5 rings (SSSR count). The molecule has 0 saturated carbocycles. The predicted molar refractivity (Wildman–Crippen MR) is 122 cm³/mol. The van der Waals surface area contributed by atoms with Gasteiger partial charge in [-0.2, -0.15) is 5.10 Å². The van der Waals surface area contributed by atoms with Crippen molar-refractivity contribution in [2.24, 2.45) is 5.10 Å². The van der Waals surface area contributed by atoms with E-state index in [1.807, 2.05) is 48.9 Å². The highest BCUT2D eigenvalue weighted by atomic mass is 32.1. The van der Waals surface area contributed by atoms with E-state index in [2.05, 4.69) is 11.1 Å². The van der Waals surface area contributed by atoms with E-state index in [4.69, 9.17) is 10.8 Å². The molecule has 29 heavy (non-hydrogen) atoms.